The summed E-state index contributed by atoms with van der Waals surface area (Å²) in [6.07, 6.45) is 5.23. The van der Waals surface area contributed by atoms with Gasteiger partial charge in [-0.1, -0.05) is 36.4 Å². The second-order valence-corrected chi connectivity index (χ2v) is 7.20. The zero-order valence-corrected chi connectivity index (χ0v) is 18.5. The van der Waals surface area contributed by atoms with Crippen LogP contribution in [-0.4, -0.2) is 38.5 Å². The van der Waals surface area contributed by atoms with Crippen molar-refractivity contribution in [3.63, 3.8) is 0 Å². The van der Waals surface area contributed by atoms with Crippen molar-refractivity contribution in [1.82, 2.24) is 24.6 Å². The highest BCUT2D eigenvalue weighted by atomic mass is 16.5. The lowest BCUT2D eigenvalue weighted by Gasteiger charge is -2.12. The van der Waals surface area contributed by atoms with E-state index >= 15 is 0 Å². The molecule has 0 spiro atoms. The Kier molecular flexibility index (Phi) is 6.73. The Morgan fingerprint density at radius 2 is 1.82 bits per heavy atom. The number of aromatic nitrogens is 5. The summed E-state index contributed by atoms with van der Waals surface area (Å²) in [5.41, 5.74) is 11.0. The van der Waals surface area contributed by atoms with E-state index in [9.17, 15) is 0 Å². The molecule has 0 aliphatic carbocycles. The van der Waals surface area contributed by atoms with Crippen LogP contribution in [0, 0.1) is 0 Å². The van der Waals surface area contributed by atoms with Crippen LogP contribution in [0.2, 0.25) is 0 Å². The number of rotatable bonds is 6. The minimum absolute atomic E-state index is 0.470. The maximum absolute atomic E-state index is 8.00. The highest BCUT2D eigenvalue weighted by Gasteiger charge is 2.15. The van der Waals surface area contributed by atoms with Crippen LogP contribution in [0.15, 0.2) is 79.3 Å². The van der Waals surface area contributed by atoms with Crippen molar-refractivity contribution in [3.05, 3.63) is 84.9 Å². The summed E-state index contributed by atoms with van der Waals surface area (Å²) in [5, 5.41) is 8.14. The van der Waals surface area contributed by atoms with Gasteiger partial charge in [0.15, 0.2) is 11.6 Å². The number of nitrogens with zero attached hydrogens (tertiary/aromatic N) is 5. The molecule has 0 radical (unpaired) electrons. The molecule has 1 aromatic carbocycles. The molecular formula is C25H23N7O2. The molecule has 9 nitrogen and oxygen atoms in total. The van der Waals surface area contributed by atoms with E-state index in [1.54, 1.807) is 19.5 Å². The number of hydrogen-bond acceptors (Lipinski definition) is 8. The third-order valence-corrected chi connectivity index (χ3v) is 5.04. The molecule has 3 N–H and O–H groups in total. The van der Waals surface area contributed by atoms with E-state index in [4.69, 9.17) is 25.3 Å². The minimum atomic E-state index is 0.470. The van der Waals surface area contributed by atoms with Crippen molar-refractivity contribution >= 4 is 23.8 Å². The lowest BCUT2D eigenvalue weighted by atomic mass is 10.1. The van der Waals surface area contributed by atoms with Gasteiger partial charge in [0.2, 0.25) is 5.88 Å². The second kappa shape index (κ2) is 10.2. The van der Waals surface area contributed by atoms with Crippen molar-refractivity contribution in [2.24, 2.45) is 0 Å². The van der Waals surface area contributed by atoms with Gasteiger partial charge in [-0.3, -0.25) is 4.98 Å². The summed E-state index contributed by atoms with van der Waals surface area (Å²) >= 11 is 0. The van der Waals surface area contributed by atoms with Crippen LogP contribution in [0.5, 0.6) is 5.88 Å². The Hall–Kier alpha value is -4.79. The van der Waals surface area contributed by atoms with Crippen molar-refractivity contribution in [1.29, 1.82) is 0 Å². The van der Waals surface area contributed by atoms with Crippen molar-refractivity contribution in [3.8, 4) is 28.4 Å². The van der Waals surface area contributed by atoms with E-state index < -0.39 is 0 Å². The highest BCUT2D eigenvalue weighted by Crippen LogP contribution is 2.31. The fourth-order valence-corrected chi connectivity index (χ4v) is 3.54. The highest BCUT2D eigenvalue weighted by molar-refractivity contribution is 5.89. The molecule has 0 aliphatic rings. The van der Waals surface area contributed by atoms with Crippen molar-refractivity contribution < 1.29 is 9.53 Å². The molecule has 0 unspecified atom stereocenters. The fourth-order valence-electron chi connectivity index (χ4n) is 3.54. The molecule has 0 saturated carbocycles. The third-order valence-electron chi connectivity index (χ3n) is 5.04. The molecule has 0 amide bonds. The molecule has 34 heavy (non-hydrogen) atoms. The molecule has 0 saturated heterocycles. The van der Waals surface area contributed by atoms with Crippen LogP contribution >= 0.6 is 0 Å². The Morgan fingerprint density at radius 3 is 2.59 bits per heavy atom. The molecule has 5 aromatic rings. The number of nitrogens with two attached hydrogens (primary N) is 1. The van der Waals surface area contributed by atoms with E-state index in [1.165, 1.54) is 0 Å². The third kappa shape index (κ3) is 4.68. The molecule has 0 aliphatic heterocycles. The number of pyridine rings is 2. The SMILES string of the molecule is C=O.COc1cccc(CNc2nc(-c3cncc(N)c3)nn3ccc(-c4ccccc4)c23)n1. The van der Waals surface area contributed by atoms with Gasteiger partial charge in [0.1, 0.15) is 12.3 Å². The van der Waals surface area contributed by atoms with E-state index in [-0.39, 0.29) is 0 Å². The number of fused-ring (bicyclic) bond motifs is 1. The van der Waals surface area contributed by atoms with Gasteiger partial charge in [-0.2, -0.15) is 0 Å². The van der Waals surface area contributed by atoms with Crippen LogP contribution in [-0.2, 0) is 11.3 Å². The Morgan fingerprint density at radius 1 is 1.00 bits per heavy atom. The van der Waals surface area contributed by atoms with Crippen LogP contribution in [0.4, 0.5) is 11.5 Å². The zero-order valence-electron chi connectivity index (χ0n) is 18.5. The topological polar surface area (TPSA) is 120 Å². The molecule has 9 heteroatoms. The number of ether oxygens (including phenoxy) is 1. The summed E-state index contributed by atoms with van der Waals surface area (Å²) < 4.78 is 7.07. The minimum Gasteiger partial charge on any atom is -0.481 e. The van der Waals surface area contributed by atoms with Gasteiger partial charge >= 0.3 is 0 Å². The van der Waals surface area contributed by atoms with Crippen molar-refractivity contribution in [2.75, 3.05) is 18.2 Å². The lowest BCUT2D eigenvalue weighted by molar-refractivity contribution is -0.0979. The van der Waals surface area contributed by atoms with Crippen molar-refractivity contribution in [2.45, 2.75) is 6.54 Å². The van der Waals surface area contributed by atoms with Gasteiger partial charge in [-0.25, -0.2) is 14.5 Å². The Balaban J connectivity index is 0.00000133. The molecule has 0 bridgehead atoms. The number of carbonyl (C=O) groups is 1. The zero-order chi connectivity index (χ0) is 23.9. The van der Waals surface area contributed by atoms with Crippen LogP contribution in [0.3, 0.4) is 0 Å². The predicted octanol–water partition coefficient (Wildman–Crippen LogP) is 3.87. The first-order chi connectivity index (χ1) is 16.7. The molecule has 4 aromatic heterocycles. The number of benzene rings is 1. The van der Waals surface area contributed by atoms with Gasteiger partial charge < -0.3 is 20.6 Å². The van der Waals surface area contributed by atoms with Gasteiger partial charge in [-0.05, 0) is 23.8 Å². The lowest BCUT2D eigenvalue weighted by Crippen LogP contribution is -2.08. The fraction of sp³-hybridized carbons (Fsp3) is 0.0800. The molecule has 0 atom stereocenters. The first-order valence-electron chi connectivity index (χ1n) is 10.4. The average molecular weight is 454 g/mol. The summed E-state index contributed by atoms with van der Waals surface area (Å²) in [6.45, 7) is 2.47. The number of carbonyl (C=O) groups excluding carboxylic acids is 1. The number of anilines is 2. The number of hydrogen-bond donors (Lipinski definition) is 2. The summed E-state index contributed by atoms with van der Waals surface area (Å²) in [6, 6.07) is 19.7. The van der Waals surface area contributed by atoms with Gasteiger partial charge in [0.25, 0.3) is 0 Å². The standard InChI is InChI=1S/C24H21N7O.CH2O/c1-32-21-9-5-8-19(28-21)15-27-24-22-20(16-6-3-2-4-7-16)10-11-31(22)30-23(29-24)17-12-18(25)14-26-13-17;1-2/h2-14H,15,25H2,1H3,(H,27,29,30);1H2. The van der Waals surface area contributed by atoms with E-state index in [1.807, 2.05) is 66.0 Å². The molecule has 170 valence electrons. The predicted molar refractivity (Wildman–Crippen MR) is 131 cm³/mol. The normalized spacial score (nSPS) is 10.4. The molecule has 0 fully saturated rings. The Bertz CT molecular complexity index is 1400. The second-order valence-electron chi connectivity index (χ2n) is 7.20. The van der Waals surface area contributed by atoms with E-state index in [2.05, 4.69) is 27.4 Å². The number of nitrogens with one attached hydrogen (secondary N) is 1. The first kappa shape index (κ1) is 22.4. The van der Waals surface area contributed by atoms with Crippen LogP contribution in [0.1, 0.15) is 5.69 Å². The van der Waals surface area contributed by atoms with Crippen LogP contribution < -0.4 is 15.8 Å². The largest absolute Gasteiger partial charge is 0.481 e. The summed E-state index contributed by atoms with van der Waals surface area (Å²) in [5.74, 6) is 1.77. The average Bonchev–Trinajstić information content (AvgIpc) is 3.33. The summed E-state index contributed by atoms with van der Waals surface area (Å²) in [7, 11) is 1.60. The van der Waals surface area contributed by atoms with Gasteiger partial charge in [0.05, 0.1) is 25.0 Å². The maximum atomic E-state index is 8.00. The summed E-state index contributed by atoms with van der Waals surface area (Å²) in [4.78, 5) is 21.5. The van der Waals surface area contributed by atoms with E-state index in [0.717, 1.165) is 27.9 Å². The first-order valence-corrected chi connectivity index (χ1v) is 10.4. The maximum Gasteiger partial charge on any atom is 0.213 e. The monoisotopic (exact) mass is 453 g/mol. The molecular weight excluding hydrogens is 430 g/mol. The van der Waals surface area contributed by atoms with Gasteiger partial charge in [-0.15, -0.1) is 5.10 Å². The van der Waals surface area contributed by atoms with Crippen LogP contribution in [0.25, 0.3) is 28.0 Å². The Labute approximate surface area is 196 Å². The molecule has 5 rings (SSSR count). The van der Waals surface area contributed by atoms with Gasteiger partial charge in [0, 0.05) is 35.8 Å². The van der Waals surface area contributed by atoms with E-state index in [0.29, 0.717) is 29.8 Å². The quantitative estimate of drug-likeness (QED) is 0.397. The number of nitrogen functional groups attached to an aromatic ring is 1. The smallest absolute Gasteiger partial charge is 0.213 e. The molecule has 4 heterocycles. The number of methoxy groups -OCH3 is 1.